The van der Waals surface area contributed by atoms with Crippen molar-refractivity contribution in [2.45, 2.75) is 26.2 Å². The summed E-state index contributed by atoms with van der Waals surface area (Å²) in [5.41, 5.74) is -2.19. The molecule has 0 atom stereocenters. The van der Waals surface area contributed by atoms with Gasteiger partial charge in [-0.15, -0.1) is 0 Å². The second kappa shape index (κ2) is 7.77. The van der Waals surface area contributed by atoms with Gasteiger partial charge in [-0.1, -0.05) is 15.9 Å². The lowest BCUT2D eigenvalue weighted by Gasteiger charge is -2.26. The molecule has 0 bridgehead atoms. The Labute approximate surface area is 157 Å². The Morgan fingerprint density at radius 3 is 2.31 bits per heavy atom. The highest BCUT2D eigenvalue weighted by Gasteiger charge is 2.51. The molecule has 1 heterocycles. The van der Waals surface area contributed by atoms with E-state index in [1.54, 1.807) is 32.0 Å². The van der Waals surface area contributed by atoms with Crippen LogP contribution in [0.15, 0.2) is 28.9 Å². The zero-order valence-electron chi connectivity index (χ0n) is 14.4. The Balaban J connectivity index is 2.93. The summed E-state index contributed by atoms with van der Waals surface area (Å²) in [6, 6.07) is 4.90. The largest absolute Gasteiger partial charge is 0.465 e. The standard InChI is InChI=1S/C17H17BrN2O6/c1-4-25-15(21)17(3,16(22)26-5-2)14-11-8-10(18)6-7-12(11)19-9-13(14)20(23)24/h6-9H,4-5H2,1-3H3. The van der Waals surface area contributed by atoms with Crippen LogP contribution in [0.1, 0.15) is 26.3 Å². The third kappa shape index (κ3) is 3.39. The normalized spacial score (nSPS) is 11.2. The van der Waals surface area contributed by atoms with E-state index in [9.17, 15) is 19.7 Å². The van der Waals surface area contributed by atoms with Gasteiger partial charge in [-0.25, -0.2) is 4.98 Å². The fourth-order valence-corrected chi connectivity index (χ4v) is 3.02. The first-order valence-electron chi connectivity index (χ1n) is 7.84. The molecule has 0 aliphatic heterocycles. The number of carbonyl (C=O) groups is 2. The Bertz CT molecular complexity index is 865. The van der Waals surface area contributed by atoms with Crippen LogP contribution in [0, 0.1) is 10.1 Å². The molecule has 9 heteroatoms. The average molecular weight is 425 g/mol. The first kappa shape index (κ1) is 19.8. The smallest absolute Gasteiger partial charge is 0.328 e. The van der Waals surface area contributed by atoms with Gasteiger partial charge in [0.05, 0.1) is 29.2 Å². The average Bonchev–Trinajstić information content (AvgIpc) is 2.60. The highest BCUT2D eigenvalue weighted by Crippen LogP contribution is 2.39. The van der Waals surface area contributed by atoms with Crippen LogP contribution < -0.4 is 0 Å². The second-order valence-electron chi connectivity index (χ2n) is 5.50. The molecule has 0 aliphatic carbocycles. The highest BCUT2D eigenvalue weighted by molar-refractivity contribution is 9.10. The van der Waals surface area contributed by atoms with E-state index in [-0.39, 0.29) is 24.2 Å². The zero-order chi connectivity index (χ0) is 19.5. The molecule has 0 aliphatic rings. The predicted octanol–water partition coefficient (Wildman–Crippen LogP) is 3.29. The summed E-state index contributed by atoms with van der Waals surface area (Å²) < 4.78 is 10.7. The lowest BCUT2D eigenvalue weighted by molar-refractivity contribution is -0.386. The predicted molar refractivity (Wildman–Crippen MR) is 96.7 cm³/mol. The van der Waals surface area contributed by atoms with Crippen LogP contribution >= 0.6 is 15.9 Å². The molecular formula is C17H17BrN2O6. The lowest BCUT2D eigenvalue weighted by Crippen LogP contribution is -2.44. The van der Waals surface area contributed by atoms with Crippen molar-refractivity contribution in [1.82, 2.24) is 4.98 Å². The van der Waals surface area contributed by atoms with Crippen molar-refractivity contribution in [2.24, 2.45) is 0 Å². The Kier molecular flexibility index (Phi) is 5.91. The summed E-state index contributed by atoms with van der Waals surface area (Å²) in [5.74, 6) is -1.84. The molecule has 0 saturated carbocycles. The number of nitro groups is 1. The molecule has 0 unspecified atom stereocenters. The van der Waals surface area contributed by atoms with E-state index in [2.05, 4.69) is 20.9 Å². The maximum atomic E-state index is 12.7. The number of aromatic nitrogens is 1. The first-order valence-corrected chi connectivity index (χ1v) is 8.64. The molecule has 8 nitrogen and oxygen atoms in total. The summed E-state index contributed by atoms with van der Waals surface area (Å²) >= 11 is 3.30. The summed E-state index contributed by atoms with van der Waals surface area (Å²) in [7, 11) is 0. The molecular weight excluding hydrogens is 408 g/mol. The topological polar surface area (TPSA) is 109 Å². The molecule has 1 aromatic heterocycles. The number of fused-ring (bicyclic) bond motifs is 1. The Morgan fingerprint density at radius 2 is 1.81 bits per heavy atom. The summed E-state index contributed by atoms with van der Waals surface area (Å²) in [5, 5.41) is 11.9. The van der Waals surface area contributed by atoms with Crippen LogP contribution in [0.4, 0.5) is 5.69 Å². The second-order valence-corrected chi connectivity index (χ2v) is 6.42. The van der Waals surface area contributed by atoms with Crippen LogP contribution in [-0.2, 0) is 24.5 Å². The van der Waals surface area contributed by atoms with Gasteiger partial charge in [0.15, 0.2) is 5.41 Å². The minimum atomic E-state index is -2.02. The van der Waals surface area contributed by atoms with Gasteiger partial charge in [0.2, 0.25) is 0 Å². The SMILES string of the molecule is CCOC(=O)C(C)(C(=O)OCC)c1c([N+](=O)[O-])cnc2ccc(Br)cc12. The fourth-order valence-electron chi connectivity index (χ4n) is 2.66. The van der Waals surface area contributed by atoms with Gasteiger partial charge >= 0.3 is 11.9 Å². The monoisotopic (exact) mass is 424 g/mol. The minimum absolute atomic E-state index is 0.00827. The van der Waals surface area contributed by atoms with Gasteiger partial charge < -0.3 is 9.47 Å². The van der Waals surface area contributed by atoms with Gasteiger partial charge in [-0.3, -0.25) is 19.7 Å². The van der Waals surface area contributed by atoms with Crippen LogP contribution in [0.5, 0.6) is 0 Å². The van der Waals surface area contributed by atoms with Crippen molar-refractivity contribution >= 4 is 44.5 Å². The number of carbonyl (C=O) groups excluding carboxylic acids is 2. The summed E-state index contributed by atoms with van der Waals surface area (Å²) in [6.45, 7) is 4.45. The Hall–Kier alpha value is -2.55. The van der Waals surface area contributed by atoms with Crippen LogP contribution in [-0.4, -0.2) is 35.1 Å². The third-order valence-electron chi connectivity index (χ3n) is 3.87. The quantitative estimate of drug-likeness (QED) is 0.302. The number of rotatable bonds is 6. The van der Waals surface area contributed by atoms with Gasteiger partial charge in [0.25, 0.3) is 5.69 Å². The van der Waals surface area contributed by atoms with Crippen molar-refractivity contribution in [3.8, 4) is 0 Å². The fraction of sp³-hybridized carbons (Fsp3) is 0.353. The third-order valence-corrected chi connectivity index (χ3v) is 4.37. The zero-order valence-corrected chi connectivity index (χ0v) is 16.0. The molecule has 2 aromatic rings. The number of nitrogens with zero attached hydrogens (tertiary/aromatic N) is 2. The molecule has 1 aromatic carbocycles. The number of pyridine rings is 1. The van der Waals surface area contributed by atoms with E-state index < -0.39 is 28.0 Å². The number of ether oxygens (including phenoxy) is 2. The number of benzene rings is 1. The van der Waals surface area contributed by atoms with Gasteiger partial charge in [0, 0.05) is 9.86 Å². The van der Waals surface area contributed by atoms with Crippen LogP contribution in [0.3, 0.4) is 0 Å². The number of halogens is 1. The van der Waals surface area contributed by atoms with E-state index >= 15 is 0 Å². The van der Waals surface area contributed by atoms with Crippen molar-refractivity contribution in [1.29, 1.82) is 0 Å². The lowest BCUT2D eigenvalue weighted by atomic mass is 9.79. The van der Waals surface area contributed by atoms with E-state index in [1.807, 2.05) is 0 Å². The molecule has 26 heavy (non-hydrogen) atoms. The van der Waals surface area contributed by atoms with Gasteiger partial charge in [-0.05, 0) is 39.0 Å². The number of hydrogen-bond acceptors (Lipinski definition) is 7. The highest BCUT2D eigenvalue weighted by atomic mass is 79.9. The number of hydrogen-bond donors (Lipinski definition) is 0. The minimum Gasteiger partial charge on any atom is -0.465 e. The molecule has 0 N–H and O–H groups in total. The van der Waals surface area contributed by atoms with Gasteiger partial charge in [-0.2, -0.15) is 0 Å². The Morgan fingerprint density at radius 1 is 1.23 bits per heavy atom. The molecule has 0 saturated heterocycles. The van der Waals surface area contributed by atoms with E-state index in [1.165, 1.54) is 6.92 Å². The molecule has 0 fully saturated rings. The molecule has 0 amide bonds. The van der Waals surface area contributed by atoms with E-state index in [0.29, 0.717) is 9.99 Å². The van der Waals surface area contributed by atoms with E-state index in [4.69, 9.17) is 9.47 Å². The molecule has 2 rings (SSSR count). The number of esters is 2. The molecule has 0 radical (unpaired) electrons. The van der Waals surface area contributed by atoms with E-state index in [0.717, 1.165) is 6.20 Å². The van der Waals surface area contributed by atoms with Crippen LogP contribution in [0.25, 0.3) is 10.9 Å². The van der Waals surface area contributed by atoms with Crippen LogP contribution in [0.2, 0.25) is 0 Å². The van der Waals surface area contributed by atoms with Gasteiger partial charge in [0.1, 0.15) is 6.20 Å². The first-order chi connectivity index (χ1) is 12.3. The maximum absolute atomic E-state index is 12.7. The molecule has 138 valence electrons. The van der Waals surface area contributed by atoms with Crippen molar-refractivity contribution < 1.29 is 24.0 Å². The van der Waals surface area contributed by atoms with Crippen molar-refractivity contribution in [2.75, 3.05) is 13.2 Å². The van der Waals surface area contributed by atoms with Crippen molar-refractivity contribution in [3.05, 3.63) is 44.5 Å². The van der Waals surface area contributed by atoms with Crippen molar-refractivity contribution in [3.63, 3.8) is 0 Å². The maximum Gasteiger partial charge on any atom is 0.328 e. The summed E-state index contributed by atoms with van der Waals surface area (Å²) in [4.78, 5) is 40.4. The summed E-state index contributed by atoms with van der Waals surface area (Å²) in [6.07, 6.45) is 1.03. The molecule has 0 spiro atoms.